The summed E-state index contributed by atoms with van der Waals surface area (Å²) < 4.78 is 4.46. The first kappa shape index (κ1) is 10.9. The predicted molar refractivity (Wildman–Crippen MR) is 51.9 cm³/mol. The number of carbonyl (C=O) groups excluding carboxylic acids is 1. The van der Waals surface area contributed by atoms with E-state index in [9.17, 15) is 4.79 Å². The van der Waals surface area contributed by atoms with Crippen molar-refractivity contribution in [1.29, 1.82) is 5.26 Å². The van der Waals surface area contributed by atoms with Crippen LogP contribution in [0.5, 0.6) is 0 Å². The molecule has 0 unspecified atom stereocenters. The third-order valence-corrected chi connectivity index (χ3v) is 1.61. The summed E-state index contributed by atoms with van der Waals surface area (Å²) in [5.74, 6) is 0.0249. The molecular formula is C9H10N4O2. The van der Waals surface area contributed by atoms with Crippen LogP contribution in [0, 0.1) is 11.3 Å². The zero-order valence-corrected chi connectivity index (χ0v) is 8.23. The van der Waals surface area contributed by atoms with Crippen molar-refractivity contribution >= 4 is 11.9 Å². The first-order chi connectivity index (χ1) is 7.26. The fourth-order valence-electron chi connectivity index (χ4n) is 0.885. The molecule has 1 rings (SSSR count). The fraction of sp³-hybridized carbons (Fsp3) is 0.333. The third kappa shape index (κ3) is 3.60. The highest BCUT2D eigenvalue weighted by Gasteiger charge is 2.01. The molecule has 6 heteroatoms. The molecule has 0 aliphatic rings. The lowest BCUT2D eigenvalue weighted by Gasteiger charge is -2.02. The molecular weight excluding hydrogens is 196 g/mol. The van der Waals surface area contributed by atoms with Crippen LogP contribution in [0.2, 0.25) is 0 Å². The third-order valence-electron chi connectivity index (χ3n) is 1.61. The van der Waals surface area contributed by atoms with Crippen LogP contribution < -0.4 is 5.32 Å². The molecule has 0 bridgehead atoms. The highest BCUT2D eigenvalue weighted by molar-refractivity contribution is 5.69. The van der Waals surface area contributed by atoms with Crippen LogP contribution in [0.3, 0.4) is 0 Å². The number of methoxy groups -OCH3 is 1. The zero-order chi connectivity index (χ0) is 11.1. The van der Waals surface area contributed by atoms with E-state index in [0.29, 0.717) is 12.5 Å². The number of nitriles is 1. The number of nitrogens with one attached hydrogen (secondary N) is 1. The number of hydrogen-bond donors (Lipinski definition) is 1. The number of hydrogen-bond acceptors (Lipinski definition) is 6. The van der Waals surface area contributed by atoms with Gasteiger partial charge in [-0.1, -0.05) is 0 Å². The Bertz CT molecular complexity index is 386. The molecule has 6 nitrogen and oxygen atoms in total. The van der Waals surface area contributed by atoms with Gasteiger partial charge >= 0.3 is 5.97 Å². The molecule has 1 aromatic heterocycles. The van der Waals surface area contributed by atoms with Crippen LogP contribution in [0.1, 0.15) is 12.1 Å². The number of esters is 1. The Morgan fingerprint density at radius 3 is 3.20 bits per heavy atom. The van der Waals surface area contributed by atoms with Crippen molar-refractivity contribution in [3.63, 3.8) is 0 Å². The van der Waals surface area contributed by atoms with Gasteiger partial charge in [0, 0.05) is 12.7 Å². The molecule has 0 spiro atoms. The summed E-state index contributed by atoms with van der Waals surface area (Å²) in [4.78, 5) is 18.5. The van der Waals surface area contributed by atoms with Gasteiger partial charge in [0.15, 0.2) is 0 Å². The maximum atomic E-state index is 10.8. The lowest BCUT2D eigenvalue weighted by molar-refractivity contribution is -0.140. The Kier molecular flexibility index (Phi) is 4.04. The van der Waals surface area contributed by atoms with Crippen molar-refractivity contribution in [2.75, 3.05) is 19.0 Å². The van der Waals surface area contributed by atoms with E-state index in [2.05, 4.69) is 20.0 Å². The smallest absolute Gasteiger partial charge is 0.307 e. The molecule has 1 heterocycles. The molecule has 0 aliphatic carbocycles. The van der Waals surface area contributed by atoms with E-state index in [1.165, 1.54) is 19.4 Å². The first-order valence-electron chi connectivity index (χ1n) is 4.30. The van der Waals surface area contributed by atoms with Crippen molar-refractivity contribution < 1.29 is 9.53 Å². The zero-order valence-electron chi connectivity index (χ0n) is 8.23. The highest BCUT2D eigenvalue weighted by Crippen LogP contribution is 1.99. The Morgan fingerprint density at radius 2 is 2.53 bits per heavy atom. The molecule has 0 atom stereocenters. The van der Waals surface area contributed by atoms with Gasteiger partial charge in [-0.15, -0.1) is 0 Å². The molecule has 0 amide bonds. The van der Waals surface area contributed by atoms with Crippen LogP contribution in [0.4, 0.5) is 5.95 Å². The molecule has 0 aromatic carbocycles. The lowest BCUT2D eigenvalue weighted by atomic mass is 10.4. The summed E-state index contributed by atoms with van der Waals surface area (Å²) in [5.41, 5.74) is 0.283. The van der Waals surface area contributed by atoms with Gasteiger partial charge < -0.3 is 10.1 Å². The Morgan fingerprint density at radius 1 is 1.73 bits per heavy atom. The van der Waals surface area contributed by atoms with E-state index in [1.807, 2.05) is 6.07 Å². The van der Waals surface area contributed by atoms with Crippen molar-refractivity contribution in [1.82, 2.24) is 9.97 Å². The SMILES string of the molecule is COC(=O)CCNc1nccc(C#N)n1. The molecule has 0 saturated carbocycles. The van der Waals surface area contributed by atoms with Gasteiger partial charge in [0.25, 0.3) is 0 Å². The van der Waals surface area contributed by atoms with Crippen LogP contribution in [0.25, 0.3) is 0 Å². The molecule has 0 saturated heterocycles. The van der Waals surface area contributed by atoms with Gasteiger partial charge in [-0.25, -0.2) is 9.97 Å². The number of rotatable bonds is 4. The molecule has 1 N–H and O–H groups in total. The van der Waals surface area contributed by atoms with Gasteiger partial charge in [0.05, 0.1) is 13.5 Å². The minimum absolute atomic E-state index is 0.233. The van der Waals surface area contributed by atoms with Gasteiger partial charge in [-0.2, -0.15) is 5.26 Å². The molecule has 0 radical (unpaired) electrons. The second-order valence-corrected chi connectivity index (χ2v) is 2.63. The van der Waals surface area contributed by atoms with E-state index in [4.69, 9.17) is 5.26 Å². The molecule has 1 aromatic rings. The monoisotopic (exact) mass is 206 g/mol. The van der Waals surface area contributed by atoms with Gasteiger partial charge in [0.1, 0.15) is 11.8 Å². The number of ether oxygens (including phenoxy) is 1. The largest absolute Gasteiger partial charge is 0.469 e. The van der Waals surface area contributed by atoms with E-state index < -0.39 is 0 Å². The van der Waals surface area contributed by atoms with Crippen LogP contribution in [0.15, 0.2) is 12.3 Å². The summed E-state index contributed by atoms with van der Waals surface area (Å²) >= 11 is 0. The van der Waals surface area contributed by atoms with Gasteiger partial charge in [-0.3, -0.25) is 4.79 Å². The molecule has 15 heavy (non-hydrogen) atoms. The summed E-state index contributed by atoms with van der Waals surface area (Å²) in [6.45, 7) is 0.377. The number of nitrogens with zero attached hydrogens (tertiary/aromatic N) is 3. The fourth-order valence-corrected chi connectivity index (χ4v) is 0.885. The average molecular weight is 206 g/mol. The first-order valence-corrected chi connectivity index (χ1v) is 4.30. The highest BCUT2D eigenvalue weighted by atomic mass is 16.5. The predicted octanol–water partition coefficient (Wildman–Crippen LogP) is 0.323. The van der Waals surface area contributed by atoms with E-state index in [0.717, 1.165) is 0 Å². The summed E-state index contributed by atoms with van der Waals surface area (Å²) in [7, 11) is 1.33. The normalized spacial score (nSPS) is 9.07. The van der Waals surface area contributed by atoms with Gasteiger partial charge in [0.2, 0.25) is 5.95 Å². The van der Waals surface area contributed by atoms with Crippen LogP contribution in [-0.2, 0) is 9.53 Å². The van der Waals surface area contributed by atoms with Crippen molar-refractivity contribution in [2.24, 2.45) is 0 Å². The average Bonchev–Trinajstić information content (AvgIpc) is 2.29. The Balaban J connectivity index is 2.44. The topological polar surface area (TPSA) is 87.9 Å². The Labute approximate surface area is 86.9 Å². The van der Waals surface area contributed by atoms with Crippen molar-refractivity contribution in [2.45, 2.75) is 6.42 Å². The Hall–Kier alpha value is -2.16. The standard InChI is InChI=1S/C9H10N4O2/c1-15-8(14)3-5-12-9-11-4-2-7(6-10)13-9/h2,4H,3,5H2,1H3,(H,11,12,13). The lowest BCUT2D eigenvalue weighted by Crippen LogP contribution is -2.11. The number of carbonyl (C=O) groups is 1. The number of anilines is 1. The van der Waals surface area contributed by atoms with Gasteiger partial charge in [-0.05, 0) is 6.07 Å². The number of aromatic nitrogens is 2. The second kappa shape index (κ2) is 5.54. The summed E-state index contributed by atoms with van der Waals surface area (Å²) in [6.07, 6.45) is 1.71. The minimum Gasteiger partial charge on any atom is -0.469 e. The van der Waals surface area contributed by atoms with Crippen molar-refractivity contribution in [3.8, 4) is 6.07 Å². The quantitative estimate of drug-likeness (QED) is 0.714. The van der Waals surface area contributed by atoms with Crippen LogP contribution >= 0.6 is 0 Å². The van der Waals surface area contributed by atoms with E-state index in [1.54, 1.807) is 0 Å². The van der Waals surface area contributed by atoms with Crippen molar-refractivity contribution in [3.05, 3.63) is 18.0 Å². The van der Waals surface area contributed by atoms with E-state index in [-0.39, 0.29) is 18.1 Å². The molecule has 78 valence electrons. The summed E-state index contributed by atoms with van der Waals surface area (Å²) in [6, 6.07) is 3.40. The minimum atomic E-state index is -0.307. The second-order valence-electron chi connectivity index (χ2n) is 2.63. The maximum Gasteiger partial charge on any atom is 0.307 e. The molecule has 0 aliphatic heterocycles. The molecule has 0 fully saturated rings. The van der Waals surface area contributed by atoms with E-state index >= 15 is 0 Å². The maximum absolute atomic E-state index is 10.8. The van der Waals surface area contributed by atoms with Crippen LogP contribution in [-0.4, -0.2) is 29.6 Å². The summed E-state index contributed by atoms with van der Waals surface area (Å²) in [5, 5.41) is 11.4.